The van der Waals surface area contributed by atoms with Crippen LogP contribution in [0.4, 0.5) is 23.7 Å². The number of carbonyl (C=O) groups excluding carboxylic acids is 2. The van der Waals surface area contributed by atoms with Crippen LogP contribution in [0.1, 0.15) is 18.4 Å². The lowest BCUT2D eigenvalue weighted by atomic mass is 9.97. The number of alkyl halides is 3. The number of hydrogen-bond donors (Lipinski definition) is 1. The van der Waals surface area contributed by atoms with Gasteiger partial charge in [0.15, 0.2) is 0 Å². The number of likely N-dealkylation sites (tertiary alicyclic amines) is 1. The van der Waals surface area contributed by atoms with Crippen molar-refractivity contribution in [2.75, 3.05) is 25.5 Å². The van der Waals surface area contributed by atoms with Gasteiger partial charge in [0.25, 0.3) is 0 Å². The zero-order chi connectivity index (χ0) is 17.7. The number of hydrogen-bond acceptors (Lipinski definition) is 3. The molecule has 0 bridgehead atoms. The van der Waals surface area contributed by atoms with Gasteiger partial charge in [-0.05, 0) is 30.5 Å². The van der Waals surface area contributed by atoms with Crippen molar-refractivity contribution >= 4 is 17.7 Å². The highest BCUT2D eigenvalue weighted by molar-refractivity contribution is 5.89. The van der Waals surface area contributed by atoms with Crippen molar-refractivity contribution in [3.8, 4) is 0 Å². The first-order valence-electron chi connectivity index (χ1n) is 7.58. The summed E-state index contributed by atoms with van der Waals surface area (Å²) in [6.45, 7) is 0.857. The molecule has 2 rings (SSSR count). The van der Waals surface area contributed by atoms with Gasteiger partial charge in [0.05, 0.1) is 19.4 Å². The van der Waals surface area contributed by atoms with E-state index >= 15 is 0 Å². The summed E-state index contributed by atoms with van der Waals surface area (Å²) in [6, 6.07) is 5.24. The van der Waals surface area contributed by atoms with Gasteiger partial charge >= 0.3 is 18.2 Å². The molecule has 0 aliphatic carbocycles. The Hall–Kier alpha value is -2.25. The molecule has 1 saturated heterocycles. The average Bonchev–Trinajstić information content (AvgIpc) is 2.54. The number of anilines is 1. The summed E-state index contributed by atoms with van der Waals surface area (Å²) in [5.41, 5.74) is 0.570. The first kappa shape index (κ1) is 18.1. The van der Waals surface area contributed by atoms with Crippen LogP contribution in [0.3, 0.4) is 0 Å². The molecule has 1 aromatic carbocycles. The van der Waals surface area contributed by atoms with E-state index in [2.05, 4.69) is 10.1 Å². The van der Waals surface area contributed by atoms with Gasteiger partial charge in [-0.3, -0.25) is 4.79 Å². The van der Waals surface area contributed by atoms with Gasteiger partial charge in [0, 0.05) is 18.8 Å². The van der Waals surface area contributed by atoms with Crippen molar-refractivity contribution in [1.29, 1.82) is 0 Å². The highest BCUT2D eigenvalue weighted by Gasteiger charge is 2.28. The van der Waals surface area contributed by atoms with E-state index in [-0.39, 0.29) is 23.5 Å². The van der Waals surface area contributed by atoms with E-state index in [1.54, 1.807) is 4.90 Å². The molecule has 0 unspecified atom stereocenters. The fourth-order valence-electron chi connectivity index (χ4n) is 2.62. The Bertz CT molecular complexity index is 579. The van der Waals surface area contributed by atoms with Crippen molar-refractivity contribution in [1.82, 2.24) is 4.90 Å². The number of amides is 2. The lowest BCUT2D eigenvalue weighted by Gasteiger charge is -2.30. The summed E-state index contributed by atoms with van der Waals surface area (Å²) in [4.78, 5) is 25.2. The number of nitrogens with one attached hydrogen (secondary N) is 1. The summed E-state index contributed by atoms with van der Waals surface area (Å²) >= 11 is 0. The van der Waals surface area contributed by atoms with Crippen LogP contribution in [0, 0.1) is 5.92 Å². The minimum atomic E-state index is -4.26. The van der Waals surface area contributed by atoms with Crippen molar-refractivity contribution in [3.63, 3.8) is 0 Å². The number of methoxy groups -OCH3 is 1. The summed E-state index contributed by atoms with van der Waals surface area (Å²) in [5, 5.41) is 2.65. The Labute approximate surface area is 137 Å². The Morgan fingerprint density at radius 1 is 1.21 bits per heavy atom. The smallest absolute Gasteiger partial charge is 0.393 e. The second-order valence-corrected chi connectivity index (χ2v) is 5.70. The van der Waals surface area contributed by atoms with E-state index < -0.39 is 12.6 Å². The van der Waals surface area contributed by atoms with E-state index in [4.69, 9.17) is 0 Å². The number of urea groups is 1. The van der Waals surface area contributed by atoms with E-state index in [0.717, 1.165) is 0 Å². The van der Waals surface area contributed by atoms with Crippen LogP contribution >= 0.6 is 0 Å². The van der Waals surface area contributed by atoms with Gasteiger partial charge in [-0.2, -0.15) is 13.2 Å². The molecule has 132 valence electrons. The van der Waals surface area contributed by atoms with Crippen LogP contribution in [0.15, 0.2) is 24.3 Å². The molecule has 2 amide bonds. The lowest BCUT2D eigenvalue weighted by molar-refractivity contribution is -0.146. The average molecular weight is 344 g/mol. The van der Waals surface area contributed by atoms with E-state index in [1.807, 2.05) is 0 Å². The Morgan fingerprint density at radius 3 is 2.29 bits per heavy atom. The Morgan fingerprint density at radius 2 is 1.79 bits per heavy atom. The third kappa shape index (κ3) is 5.14. The molecule has 5 nitrogen and oxygen atoms in total. The topological polar surface area (TPSA) is 58.6 Å². The molecule has 0 atom stereocenters. The van der Waals surface area contributed by atoms with Crippen LogP contribution in [0.5, 0.6) is 0 Å². The van der Waals surface area contributed by atoms with Crippen LogP contribution in [-0.2, 0) is 16.0 Å². The van der Waals surface area contributed by atoms with Crippen LogP contribution < -0.4 is 5.32 Å². The first-order chi connectivity index (χ1) is 11.3. The number of piperidine rings is 1. The molecule has 1 N–H and O–H groups in total. The van der Waals surface area contributed by atoms with Crippen LogP contribution in [0.25, 0.3) is 0 Å². The van der Waals surface area contributed by atoms with Crippen LogP contribution in [0.2, 0.25) is 0 Å². The van der Waals surface area contributed by atoms with Crippen molar-refractivity contribution in [2.24, 2.45) is 5.92 Å². The summed E-state index contributed by atoms with van der Waals surface area (Å²) in [5.74, 6) is -0.462. The van der Waals surface area contributed by atoms with E-state index in [0.29, 0.717) is 31.6 Å². The van der Waals surface area contributed by atoms with E-state index in [9.17, 15) is 22.8 Å². The lowest BCUT2D eigenvalue weighted by Crippen LogP contribution is -2.42. The summed E-state index contributed by atoms with van der Waals surface area (Å²) in [6.07, 6.45) is -4.19. The number of halogens is 3. The first-order valence-corrected chi connectivity index (χ1v) is 7.58. The van der Waals surface area contributed by atoms with Gasteiger partial charge < -0.3 is 15.0 Å². The SMILES string of the molecule is COC(=O)C1CCN(C(=O)Nc2ccc(CC(F)(F)F)cc2)CC1. The molecule has 0 spiro atoms. The quantitative estimate of drug-likeness (QED) is 0.857. The van der Waals surface area contributed by atoms with Crippen molar-refractivity contribution < 1.29 is 27.5 Å². The largest absolute Gasteiger partial charge is 0.469 e. The third-order valence-corrected chi connectivity index (χ3v) is 3.93. The number of nitrogens with zero attached hydrogens (tertiary/aromatic N) is 1. The minimum Gasteiger partial charge on any atom is -0.469 e. The van der Waals surface area contributed by atoms with Crippen molar-refractivity contribution in [3.05, 3.63) is 29.8 Å². The standard InChI is InChI=1S/C16H19F3N2O3/c1-24-14(22)12-6-8-21(9-7-12)15(23)20-13-4-2-11(3-5-13)10-16(17,18)19/h2-5,12H,6-10H2,1H3,(H,20,23). The Balaban J connectivity index is 1.86. The molecule has 8 heteroatoms. The molecule has 0 radical (unpaired) electrons. The minimum absolute atomic E-state index is 0.138. The van der Waals surface area contributed by atoms with Gasteiger partial charge in [-0.1, -0.05) is 12.1 Å². The number of benzene rings is 1. The molecule has 24 heavy (non-hydrogen) atoms. The highest BCUT2D eigenvalue weighted by atomic mass is 19.4. The highest BCUT2D eigenvalue weighted by Crippen LogP contribution is 2.23. The fraction of sp³-hybridized carbons (Fsp3) is 0.500. The van der Waals surface area contributed by atoms with E-state index in [1.165, 1.54) is 31.4 Å². The normalized spacial score (nSPS) is 15.9. The number of rotatable bonds is 3. The van der Waals surface area contributed by atoms with Crippen molar-refractivity contribution in [2.45, 2.75) is 25.4 Å². The zero-order valence-electron chi connectivity index (χ0n) is 13.2. The predicted molar refractivity (Wildman–Crippen MR) is 81.5 cm³/mol. The molecular weight excluding hydrogens is 325 g/mol. The number of carbonyl (C=O) groups is 2. The second kappa shape index (κ2) is 7.55. The summed E-state index contributed by atoms with van der Waals surface area (Å²) < 4.78 is 41.6. The maximum Gasteiger partial charge on any atom is 0.393 e. The molecule has 1 fully saturated rings. The maximum absolute atomic E-state index is 12.3. The van der Waals surface area contributed by atoms with Gasteiger partial charge in [-0.25, -0.2) is 4.79 Å². The Kier molecular flexibility index (Phi) is 5.69. The van der Waals surface area contributed by atoms with Gasteiger partial charge in [0.2, 0.25) is 0 Å². The molecule has 0 saturated carbocycles. The third-order valence-electron chi connectivity index (χ3n) is 3.93. The monoisotopic (exact) mass is 344 g/mol. The number of ether oxygens (including phenoxy) is 1. The molecule has 1 heterocycles. The number of esters is 1. The summed E-state index contributed by atoms with van der Waals surface area (Å²) in [7, 11) is 1.34. The second-order valence-electron chi connectivity index (χ2n) is 5.70. The molecule has 1 aliphatic heterocycles. The zero-order valence-corrected chi connectivity index (χ0v) is 13.2. The molecule has 1 aliphatic rings. The van der Waals surface area contributed by atoms with Crippen LogP contribution in [-0.4, -0.2) is 43.3 Å². The molecule has 0 aromatic heterocycles. The maximum atomic E-state index is 12.3. The fourth-order valence-corrected chi connectivity index (χ4v) is 2.62. The molecular formula is C16H19F3N2O3. The van der Waals surface area contributed by atoms with Gasteiger partial charge in [-0.15, -0.1) is 0 Å². The molecule has 1 aromatic rings. The predicted octanol–water partition coefficient (Wildman–Crippen LogP) is 3.21. The van der Waals surface area contributed by atoms with Gasteiger partial charge in [0.1, 0.15) is 0 Å².